The molecule has 0 saturated carbocycles. The molecule has 3 N–H and O–H groups in total. The Hall–Kier alpha value is -3.79. The summed E-state index contributed by atoms with van der Waals surface area (Å²) in [6, 6.07) is 12.6. The number of carbonyl (C=O) groups is 4. The van der Waals surface area contributed by atoms with Crippen molar-refractivity contribution < 1.29 is 19.2 Å². The zero-order valence-corrected chi connectivity index (χ0v) is 23.2. The van der Waals surface area contributed by atoms with Gasteiger partial charge >= 0.3 is 0 Å². The van der Waals surface area contributed by atoms with Crippen LogP contribution >= 0.6 is 0 Å². The summed E-state index contributed by atoms with van der Waals surface area (Å²) in [5, 5.41) is 8.65. The van der Waals surface area contributed by atoms with Crippen LogP contribution in [0.1, 0.15) is 38.4 Å². The number of benzene rings is 1. The molecule has 3 atom stereocenters. The van der Waals surface area contributed by atoms with E-state index < -0.39 is 24.0 Å². The number of carbonyl (C=O) groups excluding carboxylic acids is 4. The molecule has 2 heterocycles. The van der Waals surface area contributed by atoms with E-state index in [-0.39, 0.29) is 36.7 Å². The fourth-order valence-electron chi connectivity index (χ4n) is 4.50. The van der Waals surface area contributed by atoms with Crippen LogP contribution in [0.25, 0.3) is 0 Å². The summed E-state index contributed by atoms with van der Waals surface area (Å²) in [6.07, 6.45) is 2.42. The molecule has 0 unspecified atom stereocenters. The fourth-order valence-corrected chi connectivity index (χ4v) is 4.50. The van der Waals surface area contributed by atoms with Crippen LogP contribution in [0.15, 0.2) is 54.7 Å². The highest BCUT2D eigenvalue weighted by molar-refractivity contribution is 5.94. The molecule has 1 saturated heterocycles. The van der Waals surface area contributed by atoms with Gasteiger partial charge in [-0.2, -0.15) is 0 Å². The third-order valence-corrected chi connectivity index (χ3v) is 6.77. The number of aromatic nitrogens is 1. The summed E-state index contributed by atoms with van der Waals surface area (Å²) in [6.45, 7) is 6.64. The molecule has 1 aliphatic heterocycles. The predicted octanol–water partition coefficient (Wildman–Crippen LogP) is 1.12. The molecule has 3 rings (SSSR count). The van der Waals surface area contributed by atoms with Crippen molar-refractivity contribution >= 4 is 23.6 Å². The highest BCUT2D eigenvalue weighted by Crippen LogP contribution is 2.11. The van der Waals surface area contributed by atoms with Gasteiger partial charge in [0.05, 0.1) is 12.2 Å². The van der Waals surface area contributed by atoms with Crippen molar-refractivity contribution in [3.05, 3.63) is 66.0 Å². The van der Waals surface area contributed by atoms with E-state index >= 15 is 0 Å². The summed E-state index contributed by atoms with van der Waals surface area (Å²) >= 11 is 0. The average molecular weight is 537 g/mol. The van der Waals surface area contributed by atoms with Crippen molar-refractivity contribution in [3.63, 3.8) is 0 Å². The molecule has 0 aliphatic carbocycles. The van der Waals surface area contributed by atoms with Gasteiger partial charge in [-0.3, -0.25) is 29.1 Å². The monoisotopic (exact) mass is 536 g/mol. The third-order valence-electron chi connectivity index (χ3n) is 6.77. The van der Waals surface area contributed by atoms with Crippen molar-refractivity contribution in [2.45, 2.75) is 58.3 Å². The molecule has 0 bridgehead atoms. The molecule has 1 aromatic heterocycles. The van der Waals surface area contributed by atoms with Crippen molar-refractivity contribution in [2.75, 3.05) is 26.7 Å². The summed E-state index contributed by atoms with van der Waals surface area (Å²) in [5.74, 6) is -1.29. The number of amides is 4. The van der Waals surface area contributed by atoms with E-state index in [0.29, 0.717) is 25.9 Å². The van der Waals surface area contributed by atoms with E-state index in [0.717, 1.165) is 11.3 Å². The first kappa shape index (κ1) is 29.8. The van der Waals surface area contributed by atoms with E-state index in [1.807, 2.05) is 67.3 Å². The summed E-state index contributed by atoms with van der Waals surface area (Å²) in [7, 11) is 1.55. The molecular formula is C29H40N6O4. The Labute approximate surface area is 230 Å². The number of hydrogen-bond acceptors (Lipinski definition) is 6. The van der Waals surface area contributed by atoms with Crippen molar-refractivity contribution in [2.24, 2.45) is 5.92 Å². The quantitative estimate of drug-likeness (QED) is 0.508. The standard InChI is InChI=1S/C29H40N6O4/c1-20(2)16-25-29(39)34(4)21(3)27(37)33-24(17-22-10-6-5-7-11-22)28(38)31-14-15-35(19-26(36)32-25)18-23-12-8-9-13-30-23/h5-13,20-21,24-25H,14-19H2,1-4H3,(H,31,38)(H,32,36)(H,33,37)/t21-,24-,25-/m0/s1. The SMILES string of the molecule is CC(C)C[C@@H]1NC(=O)CN(Cc2ccccn2)CCNC(=O)[C@H](Cc2ccccc2)NC(=O)[C@H](C)N(C)C1=O. The number of hydrogen-bond donors (Lipinski definition) is 3. The van der Waals surface area contributed by atoms with Crippen LogP contribution in [0.5, 0.6) is 0 Å². The van der Waals surface area contributed by atoms with Gasteiger partial charge in [-0.1, -0.05) is 50.2 Å². The molecule has 1 fully saturated rings. The molecule has 0 spiro atoms. The molecule has 0 radical (unpaired) electrons. The molecule has 39 heavy (non-hydrogen) atoms. The zero-order valence-electron chi connectivity index (χ0n) is 23.2. The van der Waals surface area contributed by atoms with Crippen molar-refractivity contribution in [1.29, 1.82) is 0 Å². The molecule has 4 amide bonds. The molecule has 10 heteroatoms. The molecule has 2 aromatic rings. The molecule has 1 aliphatic rings. The number of nitrogens with one attached hydrogen (secondary N) is 3. The number of rotatable bonds is 6. The van der Waals surface area contributed by atoms with Crippen LogP contribution in [-0.2, 0) is 32.1 Å². The Bertz CT molecular complexity index is 1110. The molecule has 10 nitrogen and oxygen atoms in total. The topological polar surface area (TPSA) is 124 Å². The van der Waals surface area contributed by atoms with E-state index in [1.54, 1.807) is 20.2 Å². The number of pyridine rings is 1. The normalized spacial score (nSPS) is 22.5. The highest BCUT2D eigenvalue weighted by Gasteiger charge is 2.32. The van der Waals surface area contributed by atoms with E-state index in [4.69, 9.17) is 0 Å². The van der Waals surface area contributed by atoms with Gasteiger partial charge in [0.25, 0.3) is 0 Å². The minimum absolute atomic E-state index is 0.0260. The first-order chi connectivity index (χ1) is 18.6. The lowest BCUT2D eigenvalue weighted by atomic mass is 10.0. The second-order valence-electron chi connectivity index (χ2n) is 10.4. The lowest BCUT2D eigenvalue weighted by Crippen LogP contribution is -2.56. The van der Waals surface area contributed by atoms with Gasteiger partial charge in [0.2, 0.25) is 23.6 Å². The van der Waals surface area contributed by atoms with Crippen LogP contribution in [0.2, 0.25) is 0 Å². The summed E-state index contributed by atoms with van der Waals surface area (Å²) in [4.78, 5) is 60.6. The van der Waals surface area contributed by atoms with Crippen molar-refractivity contribution in [3.8, 4) is 0 Å². The minimum atomic E-state index is -0.846. The largest absolute Gasteiger partial charge is 0.353 e. The average Bonchev–Trinajstić information content (AvgIpc) is 2.91. The van der Waals surface area contributed by atoms with Gasteiger partial charge in [0.15, 0.2) is 0 Å². The first-order valence-corrected chi connectivity index (χ1v) is 13.4. The summed E-state index contributed by atoms with van der Waals surface area (Å²) < 4.78 is 0. The second kappa shape index (κ2) is 14.4. The molecular weight excluding hydrogens is 496 g/mol. The summed E-state index contributed by atoms with van der Waals surface area (Å²) in [5.41, 5.74) is 1.68. The van der Waals surface area contributed by atoms with Gasteiger partial charge in [-0.25, -0.2) is 0 Å². The molecule has 1 aromatic carbocycles. The van der Waals surface area contributed by atoms with E-state index in [9.17, 15) is 19.2 Å². The Kier molecular flexibility index (Phi) is 11.0. The Morgan fingerprint density at radius 1 is 0.949 bits per heavy atom. The van der Waals surface area contributed by atoms with E-state index in [2.05, 4.69) is 20.9 Å². The maximum Gasteiger partial charge on any atom is 0.245 e. The van der Waals surface area contributed by atoms with Crippen LogP contribution < -0.4 is 16.0 Å². The Morgan fingerprint density at radius 3 is 2.33 bits per heavy atom. The van der Waals surface area contributed by atoms with Crippen LogP contribution in [-0.4, -0.2) is 83.2 Å². The van der Waals surface area contributed by atoms with Crippen LogP contribution in [0.4, 0.5) is 0 Å². The maximum atomic E-state index is 13.5. The first-order valence-electron chi connectivity index (χ1n) is 13.4. The lowest BCUT2D eigenvalue weighted by Gasteiger charge is -2.30. The Morgan fingerprint density at radius 2 is 1.67 bits per heavy atom. The van der Waals surface area contributed by atoms with Crippen molar-refractivity contribution in [1.82, 2.24) is 30.7 Å². The smallest absolute Gasteiger partial charge is 0.245 e. The van der Waals surface area contributed by atoms with Crippen LogP contribution in [0.3, 0.4) is 0 Å². The predicted molar refractivity (Wildman–Crippen MR) is 148 cm³/mol. The molecule has 210 valence electrons. The van der Waals surface area contributed by atoms with Gasteiger partial charge in [0.1, 0.15) is 18.1 Å². The number of likely N-dealkylation sites (N-methyl/N-ethyl adjacent to an activating group) is 1. The maximum absolute atomic E-state index is 13.5. The third kappa shape index (κ3) is 9.17. The highest BCUT2D eigenvalue weighted by atomic mass is 16.2. The lowest BCUT2D eigenvalue weighted by molar-refractivity contribution is -0.142. The minimum Gasteiger partial charge on any atom is -0.353 e. The number of nitrogens with zero attached hydrogens (tertiary/aromatic N) is 3. The second-order valence-corrected chi connectivity index (χ2v) is 10.4. The van der Waals surface area contributed by atoms with Gasteiger partial charge in [-0.15, -0.1) is 0 Å². The fraction of sp³-hybridized carbons (Fsp3) is 0.483. The zero-order chi connectivity index (χ0) is 28.4. The van der Waals surface area contributed by atoms with Gasteiger partial charge < -0.3 is 20.9 Å². The van der Waals surface area contributed by atoms with Gasteiger partial charge in [-0.05, 0) is 37.0 Å². The van der Waals surface area contributed by atoms with E-state index in [1.165, 1.54) is 4.90 Å². The Balaban J connectivity index is 1.88. The van der Waals surface area contributed by atoms with Gasteiger partial charge in [0, 0.05) is 39.3 Å². The van der Waals surface area contributed by atoms with Crippen LogP contribution in [0, 0.1) is 5.92 Å².